The lowest BCUT2D eigenvalue weighted by atomic mass is 10.2. The maximum absolute atomic E-state index is 13.0. The van der Waals surface area contributed by atoms with E-state index in [0.29, 0.717) is 11.3 Å². The highest BCUT2D eigenvalue weighted by molar-refractivity contribution is 5.84. The van der Waals surface area contributed by atoms with Gasteiger partial charge in [-0.25, -0.2) is 13.9 Å². The molecule has 5 nitrogen and oxygen atoms in total. The van der Waals surface area contributed by atoms with Gasteiger partial charge in [-0.3, -0.25) is 0 Å². The molecule has 82 valence electrons. The number of carboxylic acids is 1. The lowest BCUT2D eigenvalue weighted by Crippen LogP contribution is -1.97. The van der Waals surface area contributed by atoms with Gasteiger partial charge in [-0.2, -0.15) is 0 Å². The normalized spacial score (nSPS) is 10.4. The van der Waals surface area contributed by atoms with Crippen LogP contribution >= 0.6 is 0 Å². The van der Waals surface area contributed by atoms with Gasteiger partial charge in [0.15, 0.2) is 5.69 Å². The molecule has 0 atom stereocenters. The Bertz CT molecular complexity index is 551. The molecular weight excluding hydrogens is 213 g/mol. The van der Waals surface area contributed by atoms with Crippen molar-refractivity contribution in [3.05, 3.63) is 41.5 Å². The first-order chi connectivity index (χ1) is 7.58. The van der Waals surface area contributed by atoms with E-state index in [9.17, 15) is 9.18 Å². The Morgan fingerprint density at radius 1 is 1.50 bits per heavy atom. The summed E-state index contributed by atoms with van der Waals surface area (Å²) in [6.45, 7) is 1.62. The van der Waals surface area contributed by atoms with Crippen molar-refractivity contribution < 1.29 is 14.3 Å². The number of nitrogens with zero attached hydrogens (tertiary/aromatic N) is 3. The molecule has 0 aliphatic carbocycles. The molecule has 1 N–H and O–H groups in total. The Hall–Kier alpha value is -2.24. The molecule has 0 aliphatic rings. The van der Waals surface area contributed by atoms with E-state index in [2.05, 4.69) is 10.3 Å². The molecule has 6 heteroatoms. The van der Waals surface area contributed by atoms with Crippen molar-refractivity contribution in [1.29, 1.82) is 0 Å². The largest absolute Gasteiger partial charge is 0.476 e. The van der Waals surface area contributed by atoms with Crippen LogP contribution in [0.25, 0.3) is 5.69 Å². The van der Waals surface area contributed by atoms with Gasteiger partial charge in [0.2, 0.25) is 0 Å². The minimum atomic E-state index is -1.15. The van der Waals surface area contributed by atoms with Crippen LogP contribution in [-0.4, -0.2) is 26.1 Å². The Morgan fingerprint density at radius 2 is 2.25 bits per heavy atom. The van der Waals surface area contributed by atoms with Gasteiger partial charge >= 0.3 is 5.97 Å². The third-order valence-corrected chi connectivity index (χ3v) is 2.12. The predicted octanol–water partition coefficient (Wildman–Crippen LogP) is 1.41. The molecule has 2 rings (SSSR count). The van der Waals surface area contributed by atoms with Crippen molar-refractivity contribution in [3.8, 4) is 5.69 Å². The second kappa shape index (κ2) is 3.73. The fourth-order valence-corrected chi connectivity index (χ4v) is 1.26. The second-order valence-electron chi connectivity index (χ2n) is 3.29. The molecule has 0 spiro atoms. The monoisotopic (exact) mass is 221 g/mol. The molecule has 0 unspecified atom stereocenters. The summed E-state index contributed by atoms with van der Waals surface area (Å²) in [5.74, 6) is -1.47. The number of aromatic nitrogens is 3. The van der Waals surface area contributed by atoms with E-state index in [1.807, 2.05) is 0 Å². The SMILES string of the molecule is Cc1cc(-n2cc(C(=O)O)nn2)ccc1F. The summed E-state index contributed by atoms with van der Waals surface area (Å²) >= 11 is 0. The highest BCUT2D eigenvalue weighted by Gasteiger charge is 2.09. The molecule has 0 saturated heterocycles. The second-order valence-corrected chi connectivity index (χ2v) is 3.29. The van der Waals surface area contributed by atoms with Gasteiger partial charge in [0.05, 0.1) is 11.9 Å². The van der Waals surface area contributed by atoms with Crippen molar-refractivity contribution >= 4 is 5.97 Å². The van der Waals surface area contributed by atoms with Gasteiger partial charge in [-0.1, -0.05) is 5.21 Å². The van der Waals surface area contributed by atoms with E-state index < -0.39 is 5.97 Å². The van der Waals surface area contributed by atoms with Crippen LogP contribution in [0, 0.1) is 12.7 Å². The average Bonchev–Trinajstić information content (AvgIpc) is 2.71. The first-order valence-corrected chi connectivity index (χ1v) is 4.50. The number of carboxylic acid groups (broad SMARTS) is 1. The third-order valence-electron chi connectivity index (χ3n) is 2.12. The van der Waals surface area contributed by atoms with Gasteiger partial charge in [-0.05, 0) is 30.7 Å². The topological polar surface area (TPSA) is 68.0 Å². The Kier molecular flexibility index (Phi) is 2.40. The van der Waals surface area contributed by atoms with E-state index in [1.165, 1.54) is 23.0 Å². The summed E-state index contributed by atoms with van der Waals surface area (Å²) in [6, 6.07) is 4.37. The Morgan fingerprint density at radius 3 is 2.81 bits per heavy atom. The molecule has 1 aromatic carbocycles. The van der Waals surface area contributed by atoms with E-state index in [-0.39, 0.29) is 11.5 Å². The predicted molar refractivity (Wildman–Crippen MR) is 53.0 cm³/mol. The molecule has 1 aromatic heterocycles. The smallest absolute Gasteiger partial charge is 0.358 e. The van der Waals surface area contributed by atoms with Gasteiger partial charge in [0.1, 0.15) is 5.82 Å². The number of halogens is 1. The van der Waals surface area contributed by atoms with Crippen molar-refractivity contribution in [2.24, 2.45) is 0 Å². The Balaban J connectivity index is 2.42. The summed E-state index contributed by atoms with van der Waals surface area (Å²) in [4.78, 5) is 10.6. The zero-order valence-electron chi connectivity index (χ0n) is 8.38. The number of rotatable bonds is 2. The van der Waals surface area contributed by atoms with E-state index in [0.717, 1.165) is 0 Å². The summed E-state index contributed by atoms with van der Waals surface area (Å²) in [7, 11) is 0. The maximum Gasteiger partial charge on any atom is 0.358 e. The van der Waals surface area contributed by atoms with Crippen LogP contribution in [0.5, 0.6) is 0 Å². The molecular formula is C10H8FN3O2. The van der Waals surface area contributed by atoms with E-state index >= 15 is 0 Å². The number of aryl methyl sites for hydroxylation is 1. The standard InChI is InChI=1S/C10H8FN3O2/c1-6-4-7(2-3-8(6)11)14-5-9(10(15)16)12-13-14/h2-5H,1H3,(H,15,16). The van der Waals surface area contributed by atoms with E-state index in [4.69, 9.17) is 5.11 Å². The number of hydrogen-bond acceptors (Lipinski definition) is 3. The molecule has 0 amide bonds. The van der Waals surface area contributed by atoms with Crippen molar-refractivity contribution in [2.75, 3.05) is 0 Å². The summed E-state index contributed by atoms with van der Waals surface area (Å²) < 4.78 is 14.3. The fraction of sp³-hybridized carbons (Fsp3) is 0.100. The summed E-state index contributed by atoms with van der Waals surface area (Å²) in [6.07, 6.45) is 1.27. The van der Waals surface area contributed by atoms with Crippen molar-refractivity contribution in [1.82, 2.24) is 15.0 Å². The molecule has 2 aromatic rings. The van der Waals surface area contributed by atoms with E-state index in [1.54, 1.807) is 13.0 Å². The molecule has 0 radical (unpaired) electrons. The minimum Gasteiger partial charge on any atom is -0.476 e. The molecule has 0 saturated carbocycles. The quantitative estimate of drug-likeness (QED) is 0.832. The lowest BCUT2D eigenvalue weighted by Gasteiger charge is -2.01. The zero-order valence-corrected chi connectivity index (χ0v) is 8.38. The molecule has 0 aliphatic heterocycles. The first kappa shape index (κ1) is 10.3. The molecule has 1 heterocycles. The van der Waals surface area contributed by atoms with Crippen LogP contribution in [0.15, 0.2) is 24.4 Å². The van der Waals surface area contributed by atoms with Crippen molar-refractivity contribution in [3.63, 3.8) is 0 Å². The number of benzene rings is 1. The van der Waals surface area contributed by atoms with Crippen LogP contribution in [0.3, 0.4) is 0 Å². The van der Waals surface area contributed by atoms with Crippen LogP contribution < -0.4 is 0 Å². The summed E-state index contributed by atoms with van der Waals surface area (Å²) in [5, 5.41) is 15.8. The Labute approximate surface area is 90.1 Å². The van der Waals surface area contributed by atoms with Gasteiger partial charge in [0.25, 0.3) is 0 Å². The van der Waals surface area contributed by atoms with Crippen molar-refractivity contribution in [2.45, 2.75) is 6.92 Å². The van der Waals surface area contributed by atoms with Gasteiger partial charge in [-0.15, -0.1) is 5.10 Å². The van der Waals surface area contributed by atoms with Gasteiger partial charge < -0.3 is 5.11 Å². The van der Waals surface area contributed by atoms with Crippen LogP contribution in [0.2, 0.25) is 0 Å². The maximum atomic E-state index is 13.0. The van der Waals surface area contributed by atoms with Crippen LogP contribution in [0.1, 0.15) is 16.1 Å². The van der Waals surface area contributed by atoms with Gasteiger partial charge in [0, 0.05) is 0 Å². The number of carbonyl (C=O) groups is 1. The average molecular weight is 221 g/mol. The molecule has 0 bridgehead atoms. The third kappa shape index (κ3) is 1.77. The minimum absolute atomic E-state index is 0.151. The van der Waals surface area contributed by atoms with Crippen LogP contribution in [0.4, 0.5) is 4.39 Å². The lowest BCUT2D eigenvalue weighted by molar-refractivity contribution is 0.0690. The molecule has 16 heavy (non-hydrogen) atoms. The zero-order chi connectivity index (χ0) is 11.7. The summed E-state index contributed by atoms with van der Waals surface area (Å²) in [5.41, 5.74) is 0.880. The number of aromatic carboxylic acids is 1. The highest BCUT2D eigenvalue weighted by atomic mass is 19.1. The fourth-order valence-electron chi connectivity index (χ4n) is 1.26. The highest BCUT2D eigenvalue weighted by Crippen LogP contribution is 2.12. The molecule has 0 fully saturated rings. The first-order valence-electron chi connectivity index (χ1n) is 4.50. The number of hydrogen-bond donors (Lipinski definition) is 1. The van der Waals surface area contributed by atoms with Crippen LogP contribution in [-0.2, 0) is 0 Å².